The van der Waals surface area contributed by atoms with Gasteiger partial charge in [-0.3, -0.25) is 0 Å². The molecule has 4 aromatic heterocycles. The number of rotatable bonds is 5. The molecule has 0 amide bonds. The molecule has 14 aromatic rings. The highest BCUT2D eigenvalue weighted by Gasteiger charge is 2.18. The zero-order valence-electron chi connectivity index (χ0n) is 34.6. The minimum Gasteiger partial charge on any atom is -0.456 e. The average Bonchev–Trinajstić information content (AvgIpc) is 4.10. The Kier molecular flexibility index (Phi) is 7.36. The Balaban J connectivity index is 0.843. The van der Waals surface area contributed by atoms with Crippen molar-refractivity contribution in [3.63, 3.8) is 0 Å². The fraction of sp³-hybridized carbons (Fsp3) is 0. The molecule has 0 saturated heterocycles. The van der Waals surface area contributed by atoms with Crippen molar-refractivity contribution in [1.82, 2.24) is 13.7 Å². The number of furan rings is 1. The van der Waals surface area contributed by atoms with Crippen molar-refractivity contribution in [2.24, 2.45) is 0 Å². The number of benzene rings is 10. The molecule has 0 atom stereocenters. The van der Waals surface area contributed by atoms with Crippen molar-refractivity contribution in [3.8, 4) is 39.3 Å². The SMILES string of the molecule is c1ccc2c(c1)oc1ccc(-c3ccc(-n4c5ccccc5c5cc(-c6ccc7c(c6)c6ccccc6n7-c6ccc(-n7c8ccccc8c8ccccc87)cc6)ccc54)cc3)cc12. The van der Waals surface area contributed by atoms with Crippen LogP contribution < -0.4 is 0 Å². The molecule has 0 unspecified atom stereocenters. The first-order valence-electron chi connectivity index (χ1n) is 21.9. The predicted molar refractivity (Wildman–Crippen MR) is 268 cm³/mol. The average molecular weight is 816 g/mol. The fourth-order valence-corrected chi connectivity index (χ4v) is 10.5. The number of hydrogen-bond donors (Lipinski definition) is 0. The van der Waals surface area contributed by atoms with Gasteiger partial charge in [0.25, 0.3) is 0 Å². The van der Waals surface area contributed by atoms with E-state index in [2.05, 4.69) is 226 Å². The molecule has 0 aliphatic carbocycles. The Labute approximate surface area is 367 Å². The van der Waals surface area contributed by atoms with Crippen LogP contribution in [0.25, 0.3) is 127 Å². The summed E-state index contributed by atoms with van der Waals surface area (Å²) in [5.41, 5.74) is 17.2. The molecule has 4 heterocycles. The van der Waals surface area contributed by atoms with Crippen molar-refractivity contribution >= 4 is 87.4 Å². The lowest BCUT2D eigenvalue weighted by Gasteiger charge is -2.12. The minimum atomic E-state index is 0.913. The molecule has 14 rings (SSSR count). The third-order valence-corrected chi connectivity index (χ3v) is 13.5. The zero-order chi connectivity index (χ0) is 41.9. The van der Waals surface area contributed by atoms with E-state index in [0.717, 1.165) is 39.0 Å². The highest BCUT2D eigenvalue weighted by Crippen LogP contribution is 2.40. The lowest BCUT2D eigenvalue weighted by atomic mass is 10.0. The van der Waals surface area contributed by atoms with Crippen LogP contribution in [0.4, 0.5) is 0 Å². The number of nitrogens with zero attached hydrogens (tertiary/aromatic N) is 3. The maximum absolute atomic E-state index is 6.11. The molecule has 0 spiro atoms. The van der Waals surface area contributed by atoms with Gasteiger partial charge < -0.3 is 18.1 Å². The summed E-state index contributed by atoms with van der Waals surface area (Å²) in [5.74, 6) is 0. The van der Waals surface area contributed by atoms with Gasteiger partial charge in [-0.15, -0.1) is 0 Å². The molecule has 64 heavy (non-hydrogen) atoms. The number of para-hydroxylation sites is 5. The van der Waals surface area contributed by atoms with Gasteiger partial charge in [0.15, 0.2) is 0 Å². The summed E-state index contributed by atoms with van der Waals surface area (Å²) in [7, 11) is 0. The second-order valence-electron chi connectivity index (χ2n) is 16.9. The summed E-state index contributed by atoms with van der Waals surface area (Å²) >= 11 is 0. The highest BCUT2D eigenvalue weighted by molar-refractivity contribution is 6.13. The normalized spacial score (nSPS) is 12.1. The first-order chi connectivity index (χ1) is 31.7. The van der Waals surface area contributed by atoms with Gasteiger partial charge in [0.2, 0.25) is 0 Å². The smallest absolute Gasteiger partial charge is 0.135 e. The van der Waals surface area contributed by atoms with E-state index >= 15 is 0 Å². The molecule has 0 aliphatic heterocycles. The van der Waals surface area contributed by atoms with Crippen LogP contribution in [-0.4, -0.2) is 13.7 Å². The third kappa shape index (κ3) is 5.11. The lowest BCUT2D eigenvalue weighted by molar-refractivity contribution is 0.669. The van der Waals surface area contributed by atoms with Crippen LogP contribution >= 0.6 is 0 Å². The van der Waals surface area contributed by atoms with Gasteiger partial charge in [-0.05, 0) is 125 Å². The summed E-state index contributed by atoms with van der Waals surface area (Å²) in [6.45, 7) is 0. The van der Waals surface area contributed by atoms with E-state index in [1.807, 2.05) is 12.1 Å². The number of hydrogen-bond acceptors (Lipinski definition) is 1. The molecule has 0 radical (unpaired) electrons. The summed E-state index contributed by atoms with van der Waals surface area (Å²) < 4.78 is 13.3. The molecular formula is C60H37N3O. The Bertz CT molecular complexity index is 4120. The maximum atomic E-state index is 6.11. The molecule has 298 valence electrons. The molecule has 0 saturated carbocycles. The van der Waals surface area contributed by atoms with Crippen LogP contribution in [0.1, 0.15) is 0 Å². The number of aromatic nitrogens is 3. The molecule has 0 fully saturated rings. The first-order valence-corrected chi connectivity index (χ1v) is 21.9. The Hall–Kier alpha value is -8.60. The van der Waals surface area contributed by atoms with Gasteiger partial charge in [0.05, 0.1) is 33.1 Å². The van der Waals surface area contributed by atoms with Crippen molar-refractivity contribution in [3.05, 3.63) is 224 Å². The highest BCUT2D eigenvalue weighted by atomic mass is 16.3. The topological polar surface area (TPSA) is 27.9 Å². The van der Waals surface area contributed by atoms with Crippen molar-refractivity contribution < 1.29 is 4.42 Å². The summed E-state index contributed by atoms with van der Waals surface area (Å²) in [4.78, 5) is 0. The van der Waals surface area contributed by atoms with E-state index in [9.17, 15) is 0 Å². The fourth-order valence-electron chi connectivity index (χ4n) is 10.5. The first kappa shape index (κ1) is 35.0. The lowest BCUT2D eigenvalue weighted by Crippen LogP contribution is -1.97. The van der Waals surface area contributed by atoms with Crippen LogP contribution in [0.5, 0.6) is 0 Å². The van der Waals surface area contributed by atoms with Gasteiger partial charge >= 0.3 is 0 Å². The van der Waals surface area contributed by atoms with Crippen LogP contribution in [-0.2, 0) is 0 Å². The Morgan fingerprint density at radius 1 is 0.219 bits per heavy atom. The molecule has 0 bridgehead atoms. The van der Waals surface area contributed by atoms with E-state index in [1.165, 1.54) is 87.7 Å². The number of fused-ring (bicyclic) bond motifs is 12. The quantitative estimate of drug-likeness (QED) is 0.170. The van der Waals surface area contributed by atoms with Crippen LogP contribution in [0, 0.1) is 0 Å². The summed E-state index contributed by atoms with van der Waals surface area (Å²) in [6.07, 6.45) is 0. The van der Waals surface area contributed by atoms with Gasteiger partial charge in [0, 0.05) is 60.2 Å². The van der Waals surface area contributed by atoms with Crippen LogP contribution in [0.2, 0.25) is 0 Å². The van der Waals surface area contributed by atoms with E-state index in [1.54, 1.807) is 0 Å². The van der Waals surface area contributed by atoms with Gasteiger partial charge in [-0.25, -0.2) is 0 Å². The molecule has 0 N–H and O–H groups in total. The predicted octanol–water partition coefficient (Wildman–Crippen LogP) is 16.2. The van der Waals surface area contributed by atoms with E-state index in [-0.39, 0.29) is 0 Å². The van der Waals surface area contributed by atoms with Crippen LogP contribution in [0.15, 0.2) is 229 Å². The molecule has 0 aliphatic rings. The van der Waals surface area contributed by atoms with Gasteiger partial charge in [-0.1, -0.05) is 121 Å². The second-order valence-corrected chi connectivity index (χ2v) is 16.9. The molecule has 10 aromatic carbocycles. The Morgan fingerprint density at radius 2 is 0.531 bits per heavy atom. The standard InChI is InChI=1S/C60H37N3O/c1-6-16-53-45(11-1)46-12-2-7-17-54(46)61(53)43-28-30-44(31-29-43)63-56-19-9-4-14-48(56)51-36-41(24-33-58(51)63)40-23-32-57-50(35-40)47-13-3-8-18-55(47)62(57)42-26-21-38(22-27-42)39-25-34-60-52(37-39)49-15-5-10-20-59(49)64-60/h1-37H. The van der Waals surface area contributed by atoms with Crippen LogP contribution in [0.3, 0.4) is 0 Å². The van der Waals surface area contributed by atoms with Crippen molar-refractivity contribution in [1.29, 1.82) is 0 Å². The summed E-state index contributed by atoms with van der Waals surface area (Å²) in [5, 5.41) is 9.78. The van der Waals surface area contributed by atoms with Gasteiger partial charge in [0.1, 0.15) is 11.2 Å². The molecular weight excluding hydrogens is 779 g/mol. The monoisotopic (exact) mass is 815 g/mol. The second kappa shape index (κ2) is 13.4. The van der Waals surface area contributed by atoms with E-state index < -0.39 is 0 Å². The molecule has 4 heteroatoms. The zero-order valence-corrected chi connectivity index (χ0v) is 34.6. The van der Waals surface area contributed by atoms with E-state index in [4.69, 9.17) is 4.42 Å². The summed E-state index contributed by atoms with van der Waals surface area (Å²) in [6, 6.07) is 81.6. The largest absolute Gasteiger partial charge is 0.456 e. The van der Waals surface area contributed by atoms with Gasteiger partial charge in [-0.2, -0.15) is 0 Å². The third-order valence-electron chi connectivity index (χ3n) is 13.5. The van der Waals surface area contributed by atoms with Crippen molar-refractivity contribution in [2.75, 3.05) is 0 Å². The minimum absolute atomic E-state index is 0.913. The van der Waals surface area contributed by atoms with E-state index in [0.29, 0.717) is 0 Å². The molecule has 4 nitrogen and oxygen atoms in total. The Morgan fingerprint density at radius 3 is 1.02 bits per heavy atom. The maximum Gasteiger partial charge on any atom is 0.135 e. The van der Waals surface area contributed by atoms with Crippen molar-refractivity contribution in [2.45, 2.75) is 0 Å².